The van der Waals surface area contributed by atoms with E-state index >= 15 is 0 Å². The molecule has 0 saturated heterocycles. The molecule has 1 aliphatic carbocycles. The van der Waals surface area contributed by atoms with E-state index in [9.17, 15) is 8.78 Å². The molecule has 0 radical (unpaired) electrons. The van der Waals surface area contributed by atoms with E-state index in [2.05, 4.69) is 10.6 Å². The number of halogens is 2. The second-order valence-corrected chi connectivity index (χ2v) is 4.75. The highest BCUT2D eigenvalue weighted by Gasteiger charge is 2.38. The van der Waals surface area contributed by atoms with Gasteiger partial charge in [0.05, 0.1) is 11.4 Å². The fourth-order valence-corrected chi connectivity index (χ4v) is 2.61. The van der Waals surface area contributed by atoms with Crippen LogP contribution >= 0.6 is 0 Å². The lowest BCUT2D eigenvalue weighted by atomic mass is 9.74. The molecule has 0 amide bonds. The first-order valence-corrected chi connectivity index (χ1v) is 5.70. The Labute approximate surface area is 93.0 Å². The lowest BCUT2D eigenvalue weighted by molar-refractivity contribution is 0.268. The Bertz CT molecular complexity index is 427. The second-order valence-electron chi connectivity index (χ2n) is 4.75. The van der Waals surface area contributed by atoms with Gasteiger partial charge >= 0.3 is 0 Å². The highest BCUT2D eigenvalue weighted by atomic mass is 19.1. The van der Waals surface area contributed by atoms with Crippen molar-refractivity contribution in [2.75, 3.05) is 17.2 Å². The molecule has 0 atom stereocenters. The molecule has 1 aromatic carbocycles. The summed E-state index contributed by atoms with van der Waals surface area (Å²) in [6.07, 6.45) is 4.33. The molecule has 1 aliphatic heterocycles. The molecule has 1 spiro atoms. The molecule has 0 unspecified atom stereocenters. The summed E-state index contributed by atoms with van der Waals surface area (Å²) in [6.45, 7) is 0.739. The Kier molecular flexibility index (Phi) is 2.06. The van der Waals surface area contributed by atoms with Crippen LogP contribution in [0.3, 0.4) is 0 Å². The minimum atomic E-state index is -0.526. The maximum absolute atomic E-state index is 13.5. The van der Waals surface area contributed by atoms with Crippen LogP contribution in [0.2, 0.25) is 0 Å². The molecule has 1 aromatic rings. The molecule has 2 nitrogen and oxygen atoms in total. The lowest BCUT2D eigenvalue weighted by Gasteiger charge is -2.42. The first-order chi connectivity index (χ1) is 7.69. The summed E-state index contributed by atoms with van der Waals surface area (Å²) >= 11 is 0. The van der Waals surface area contributed by atoms with Crippen molar-refractivity contribution >= 4 is 11.4 Å². The number of rotatable bonds is 0. The Morgan fingerprint density at radius 3 is 2.62 bits per heavy atom. The Morgan fingerprint density at radius 1 is 1.12 bits per heavy atom. The van der Waals surface area contributed by atoms with E-state index in [1.54, 1.807) is 0 Å². The van der Waals surface area contributed by atoms with E-state index in [0.717, 1.165) is 31.9 Å². The standard InChI is InChI=1S/C12H14F2N2/c13-8-6-9(14)11-10(7-8)16-12(2-1-3-12)4-5-15-11/h6-7,15-16H,1-5H2. The molecule has 1 saturated carbocycles. The van der Waals surface area contributed by atoms with Crippen molar-refractivity contribution in [1.82, 2.24) is 0 Å². The quantitative estimate of drug-likeness (QED) is 0.707. The van der Waals surface area contributed by atoms with Gasteiger partial charge in [0.1, 0.15) is 5.82 Å². The van der Waals surface area contributed by atoms with Crippen LogP contribution < -0.4 is 10.6 Å². The number of hydrogen-bond acceptors (Lipinski definition) is 2. The molecular formula is C12H14F2N2. The van der Waals surface area contributed by atoms with Gasteiger partial charge < -0.3 is 10.6 Å². The normalized spacial score (nSPS) is 21.4. The molecular weight excluding hydrogens is 210 g/mol. The van der Waals surface area contributed by atoms with Crippen molar-refractivity contribution in [3.8, 4) is 0 Å². The third kappa shape index (κ3) is 1.44. The van der Waals surface area contributed by atoms with Crippen LogP contribution in [0.1, 0.15) is 25.7 Å². The van der Waals surface area contributed by atoms with Crippen LogP contribution in [0.25, 0.3) is 0 Å². The minimum absolute atomic E-state index is 0.0679. The fourth-order valence-electron chi connectivity index (χ4n) is 2.61. The third-order valence-electron chi connectivity index (χ3n) is 3.67. The van der Waals surface area contributed by atoms with Crippen molar-refractivity contribution in [3.63, 3.8) is 0 Å². The fraction of sp³-hybridized carbons (Fsp3) is 0.500. The number of fused-ring (bicyclic) bond motifs is 1. The first-order valence-electron chi connectivity index (χ1n) is 5.70. The number of nitrogens with one attached hydrogen (secondary N) is 2. The van der Waals surface area contributed by atoms with Gasteiger partial charge in [-0.1, -0.05) is 0 Å². The Balaban J connectivity index is 2.02. The SMILES string of the molecule is Fc1cc(F)c2c(c1)NC1(CCC1)CCN2. The van der Waals surface area contributed by atoms with Crippen molar-refractivity contribution in [2.24, 2.45) is 0 Å². The summed E-state index contributed by atoms with van der Waals surface area (Å²) in [5, 5.41) is 6.35. The zero-order chi connectivity index (χ0) is 11.2. The predicted molar refractivity (Wildman–Crippen MR) is 59.7 cm³/mol. The van der Waals surface area contributed by atoms with Gasteiger partial charge in [-0.15, -0.1) is 0 Å². The summed E-state index contributed by atoms with van der Waals surface area (Å²) in [5.41, 5.74) is 1.04. The van der Waals surface area contributed by atoms with Gasteiger partial charge in [0, 0.05) is 18.2 Å². The maximum atomic E-state index is 13.5. The van der Waals surface area contributed by atoms with Gasteiger partial charge in [0.2, 0.25) is 0 Å². The minimum Gasteiger partial charge on any atom is -0.381 e. The lowest BCUT2D eigenvalue weighted by Crippen LogP contribution is -2.45. The molecule has 2 aliphatic rings. The summed E-state index contributed by atoms with van der Waals surface area (Å²) in [4.78, 5) is 0. The molecule has 16 heavy (non-hydrogen) atoms. The van der Waals surface area contributed by atoms with E-state index in [1.165, 1.54) is 12.5 Å². The number of hydrogen-bond donors (Lipinski definition) is 2. The maximum Gasteiger partial charge on any atom is 0.151 e. The van der Waals surface area contributed by atoms with Gasteiger partial charge in [0.25, 0.3) is 0 Å². The van der Waals surface area contributed by atoms with Crippen LogP contribution in [0.4, 0.5) is 20.2 Å². The third-order valence-corrected chi connectivity index (χ3v) is 3.67. The summed E-state index contributed by atoms with van der Waals surface area (Å²) in [5.74, 6) is -1.04. The largest absolute Gasteiger partial charge is 0.381 e. The average Bonchev–Trinajstić information content (AvgIpc) is 2.36. The Morgan fingerprint density at radius 2 is 1.94 bits per heavy atom. The van der Waals surface area contributed by atoms with E-state index in [4.69, 9.17) is 0 Å². The van der Waals surface area contributed by atoms with Gasteiger partial charge in [-0.25, -0.2) is 8.78 Å². The van der Waals surface area contributed by atoms with Gasteiger partial charge in [-0.05, 0) is 31.7 Å². The Hall–Kier alpha value is -1.32. The average molecular weight is 224 g/mol. The van der Waals surface area contributed by atoms with Gasteiger partial charge in [0.15, 0.2) is 5.82 Å². The molecule has 2 N–H and O–H groups in total. The van der Waals surface area contributed by atoms with Gasteiger partial charge in [-0.2, -0.15) is 0 Å². The zero-order valence-electron chi connectivity index (χ0n) is 8.95. The molecule has 3 rings (SSSR count). The van der Waals surface area contributed by atoms with Crippen LogP contribution in [-0.2, 0) is 0 Å². The van der Waals surface area contributed by atoms with Crippen molar-refractivity contribution < 1.29 is 8.78 Å². The molecule has 4 heteroatoms. The van der Waals surface area contributed by atoms with Crippen molar-refractivity contribution in [3.05, 3.63) is 23.8 Å². The summed E-state index contributed by atoms with van der Waals surface area (Å²) < 4.78 is 26.7. The van der Waals surface area contributed by atoms with Gasteiger partial charge in [-0.3, -0.25) is 0 Å². The smallest absolute Gasteiger partial charge is 0.151 e. The predicted octanol–water partition coefficient (Wildman–Crippen LogP) is 3.12. The monoisotopic (exact) mass is 224 g/mol. The van der Waals surface area contributed by atoms with Crippen LogP contribution in [0.5, 0.6) is 0 Å². The highest BCUT2D eigenvalue weighted by molar-refractivity contribution is 5.71. The summed E-state index contributed by atoms with van der Waals surface area (Å²) in [6, 6.07) is 2.29. The van der Waals surface area contributed by atoms with E-state index in [0.29, 0.717) is 11.4 Å². The van der Waals surface area contributed by atoms with Crippen LogP contribution in [0, 0.1) is 11.6 Å². The molecule has 0 bridgehead atoms. The van der Waals surface area contributed by atoms with E-state index < -0.39 is 11.6 Å². The molecule has 1 heterocycles. The number of anilines is 2. The molecule has 0 aromatic heterocycles. The topological polar surface area (TPSA) is 24.1 Å². The van der Waals surface area contributed by atoms with Crippen LogP contribution in [-0.4, -0.2) is 12.1 Å². The number of benzene rings is 1. The van der Waals surface area contributed by atoms with Crippen molar-refractivity contribution in [2.45, 2.75) is 31.2 Å². The van der Waals surface area contributed by atoms with E-state index in [-0.39, 0.29) is 5.54 Å². The van der Waals surface area contributed by atoms with Crippen molar-refractivity contribution in [1.29, 1.82) is 0 Å². The van der Waals surface area contributed by atoms with E-state index in [1.807, 2.05) is 0 Å². The highest BCUT2D eigenvalue weighted by Crippen LogP contribution is 2.42. The molecule has 1 fully saturated rings. The summed E-state index contributed by atoms with van der Waals surface area (Å²) in [7, 11) is 0. The first kappa shape index (κ1) is 9.87. The molecule has 86 valence electrons. The van der Waals surface area contributed by atoms with Crippen LogP contribution in [0.15, 0.2) is 12.1 Å². The second kappa shape index (κ2) is 3.34. The zero-order valence-corrected chi connectivity index (χ0v) is 8.95.